The summed E-state index contributed by atoms with van der Waals surface area (Å²) in [4.78, 5) is 4.67. The zero-order chi connectivity index (χ0) is 14.0. The smallest absolute Gasteiger partial charge is 0.0946 e. The largest absolute Gasteiger partial charge is 0.324 e. The Kier molecular flexibility index (Phi) is 4.46. The van der Waals surface area contributed by atoms with Crippen LogP contribution in [-0.2, 0) is 6.42 Å². The van der Waals surface area contributed by atoms with E-state index in [2.05, 4.69) is 17.3 Å². The molecule has 2 unspecified atom stereocenters. The van der Waals surface area contributed by atoms with Crippen LogP contribution in [0.1, 0.15) is 68.5 Å². The van der Waals surface area contributed by atoms with E-state index in [4.69, 9.17) is 5.73 Å². The predicted octanol–water partition coefficient (Wildman–Crippen LogP) is 4.46. The lowest BCUT2D eigenvalue weighted by Crippen LogP contribution is -2.53. The molecule has 0 radical (unpaired) electrons. The van der Waals surface area contributed by atoms with E-state index in [0.717, 1.165) is 24.0 Å². The molecule has 3 rings (SSSR count). The maximum Gasteiger partial charge on any atom is 0.0946 e. The lowest BCUT2D eigenvalue weighted by molar-refractivity contribution is 0.0994. The van der Waals surface area contributed by atoms with Gasteiger partial charge < -0.3 is 5.73 Å². The number of nitrogens with zero attached hydrogens (tertiary/aromatic N) is 1. The zero-order valence-corrected chi connectivity index (χ0v) is 13.6. The maximum absolute atomic E-state index is 6.94. The number of aryl methyl sites for hydroxylation is 1. The minimum absolute atomic E-state index is 0.0184. The van der Waals surface area contributed by atoms with Crippen molar-refractivity contribution in [2.24, 2.45) is 17.6 Å². The molecule has 2 nitrogen and oxygen atoms in total. The highest BCUT2D eigenvalue weighted by atomic mass is 32.1. The summed E-state index contributed by atoms with van der Waals surface area (Å²) in [6.07, 6.45) is 13.4. The molecule has 1 aromatic rings. The van der Waals surface area contributed by atoms with Crippen LogP contribution in [0.3, 0.4) is 0 Å². The Balaban J connectivity index is 1.75. The van der Waals surface area contributed by atoms with E-state index in [1.54, 1.807) is 11.3 Å². The molecule has 2 atom stereocenters. The molecule has 2 aliphatic rings. The number of rotatable bonds is 3. The van der Waals surface area contributed by atoms with Gasteiger partial charge in [-0.25, -0.2) is 4.98 Å². The molecule has 0 spiro atoms. The van der Waals surface area contributed by atoms with Gasteiger partial charge in [0.25, 0.3) is 0 Å². The van der Waals surface area contributed by atoms with Crippen molar-refractivity contribution in [3.8, 4) is 0 Å². The van der Waals surface area contributed by atoms with Crippen LogP contribution >= 0.6 is 11.3 Å². The van der Waals surface area contributed by atoms with Crippen molar-refractivity contribution in [1.82, 2.24) is 4.98 Å². The van der Waals surface area contributed by atoms with Crippen LogP contribution in [0.2, 0.25) is 0 Å². The third-order valence-corrected chi connectivity index (χ3v) is 6.48. The average molecular weight is 292 g/mol. The lowest BCUT2D eigenvalue weighted by Gasteiger charge is -2.46. The van der Waals surface area contributed by atoms with Crippen molar-refractivity contribution in [2.45, 2.75) is 76.7 Å². The highest BCUT2D eigenvalue weighted by Gasteiger charge is 2.42. The van der Waals surface area contributed by atoms with Crippen LogP contribution in [0.4, 0.5) is 0 Å². The Hall–Kier alpha value is -0.410. The van der Waals surface area contributed by atoms with E-state index in [-0.39, 0.29) is 5.54 Å². The highest BCUT2D eigenvalue weighted by Crippen LogP contribution is 2.44. The van der Waals surface area contributed by atoms with Gasteiger partial charge >= 0.3 is 0 Å². The molecule has 2 saturated carbocycles. The summed E-state index contributed by atoms with van der Waals surface area (Å²) in [6.45, 7) is 2.09. The Morgan fingerprint density at radius 3 is 2.65 bits per heavy atom. The molecule has 20 heavy (non-hydrogen) atoms. The van der Waals surface area contributed by atoms with E-state index in [0.29, 0.717) is 0 Å². The van der Waals surface area contributed by atoms with Gasteiger partial charge in [0.05, 0.1) is 5.01 Å². The average Bonchev–Trinajstić information content (AvgIpc) is 2.85. The van der Waals surface area contributed by atoms with E-state index in [1.165, 1.54) is 62.8 Å². The quantitative estimate of drug-likeness (QED) is 0.893. The summed E-state index contributed by atoms with van der Waals surface area (Å²) in [5.41, 5.74) is 8.11. The second kappa shape index (κ2) is 6.15. The van der Waals surface area contributed by atoms with E-state index < -0.39 is 0 Å². The van der Waals surface area contributed by atoms with Gasteiger partial charge in [0.15, 0.2) is 0 Å². The van der Waals surface area contributed by atoms with E-state index >= 15 is 0 Å². The molecule has 3 heteroatoms. The van der Waals surface area contributed by atoms with Crippen molar-refractivity contribution >= 4 is 11.3 Å². The van der Waals surface area contributed by atoms with Crippen LogP contribution in [-0.4, -0.2) is 10.5 Å². The summed E-state index contributed by atoms with van der Waals surface area (Å²) in [7, 11) is 0. The van der Waals surface area contributed by atoms with Gasteiger partial charge in [0.1, 0.15) is 0 Å². The fourth-order valence-electron chi connectivity index (χ4n) is 4.52. The molecular formula is C17H28N2S. The molecular weight excluding hydrogens is 264 g/mol. The topological polar surface area (TPSA) is 38.9 Å². The fraction of sp³-hybridized carbons (Fsp3) is 0.824. The summed E-state index contributed by atoms with van der Waals surface area (Å²) in [5.74, 6) is 1.62. The molecule has 0 amide bonds. The van der Waals surface area contributed by atoms with Gasteiger partial charge in [-0.15, -0.1) is 11.3 Å². The maximum atomic E-state index is 6.94. The molecule has 0 aliphatic heterocycles. The molecule has 0 bridgehead atoms. The van der Waals surface area contributed by atoms with Crippen molar-refractivity contribution in [1.29, 1.82) is 0 Å². The third-order valence-electron chi connectivity index (χ3n) is 5.51. The van der Waals surface area contributed by atoms with Gasteiger partial charge in [-0.3, -0.25) is 0 Å². The minimum atomic E-state index is 0.0184. The van der Waals surface area contributed by atoms with Crippen molar-refractivity contribution in [3.63, 3.8) is 0 Å². The van der Waals surface area contributed by atoms with Gasteiger partial charge in [-0.05, 0) is 31.6 Å². The molecule has 112 valence electrons. The Labute approximate surface area is 127 Å². The molecule has 2 aliphatic carbocycles. The lowest BCUT2D eigenvalue weighted by atomic mass is 9.63. The second-order valence-electron chi connectivity index (χ2n) is 7.04. The molecule has 2 N–H and O–H groups in total. The van der Waals surface area contributed by atoms with Crippen LogP contribution in [0, 0.1) is 18.8 Å². The van der Waals surface area contributed by atoms with Crippen molar-refractivity contribution in [2.75, 3.05) is 0 Å². The first-order valence-electron chi connectivity index (χ1n) is 8.37. The number of thiazole rings is 1. The first kappa shape index (κ1) is 14.5. The van der Waals surface area contributed by atoms with Crippen LogP contribution in [0.5, 0.6) is 0 Å². The van der Waals surface area contributed by atoms with Gasteiger partial charge in [-0.1, -0.05) is 44.9 Å². The van der Waals surface area contributed by atoms with Gasteiger partial charge in [-0.2, -0.15) is 0 Å². The summed E-state index contributed by atoms with van der Waals surface area (Å²) >= 11 is 1.80. The standard InChI is InChI=1S/C17H28N2S/c1-13-12-20-16(19-13)11-17(18)10-6-5-9-15(17)14-7-3-2-4-8-14/h12,14-15H,2-11,18H2,1H3. The van der Waals surface area contributed by atoms with Gasteiger partial charge in [0, 0.05) is 23.0 Å². The van der Waals surface area contributed by atoms with Crippen molar-refractivity contribution in [3.05, 3.63) is 16.1 Å². The SMILES string of the molecule is Cc1csc(CC2(N)CCCCC2C2CCCCC2)n1. The highest BCUT2D eigenvalue weighted by molar-refractivity contribution is 7.09. The normalized spacial score (nSPS) is 32.4. The summed E-state index contributed by atoms with van der Waals surface area (Å²) in [5, 5.41) is 3.42. The number of hydrogen-bond acceptors (Lipinski definition) is 3. The number of hydrogen-bond donors (Lipinski definition) is 1. The predicted molar refractivity (Wildman–Crippen MR) is 86.0 cm³/mol. The molecule has 1 heterocycles. The molecule has 0 aromatic carbocycles. The fourth-order valence-corrected chi connectivity index (χ4v) is 5.43. The number of aromatic nitrogens is 1. The minimum Gasteiger partial charge on any atom is -0.324 e. The van der Waals surface area contributed by atoms with Crippen LogP contribution < -0.4 is 5.73 Å². The van der Waals surface area contributed by atoms with Crippen LogP contribution in [0.25, 0.3) is 0 Å². The molecule has 1 aromatic heterocycles. The van der Waals surface area contributed by atoms with Crippen LogP contribution in [0.15, 0.2) is 5.38 Å². The second-order valence-corrected chi connectivity index (χ2v) is 7.99. The Bertz CT molecular complexity index is 436. The van der Waals surface area contributed by atoms with Crippen molar-refractivity contribution < 1.29 is 0 Å². The third kappa shape index (κ3) is 3.09. The Morgan fingerprint density at radius 1 is 1.20 bits per heavy atom. The first-order chi connectivity index (χ1) is 9.67. The monoisotopic (exact) mass is 292 g/mol. The molecule has 2 fully saturated rings. The van der Waals surface area contributed by atoms with E-state index in [1.807, 2.05) is 0 Å². The number of nitrogens with two attached hydrogens (primary N) is 1. The zero-order valence-electron chi connectivity index (χ0n) is 12.7. The summed E-state index contributed by atoms with van der Waals surface area (Å²) < 4.78 is 0. The van der Waals surface area contributed by atoms with E-state index in [9.17, 15) is 0 Å². The van der Waals surface area contributed by atoms with Gasteiger partial charge in [0.2, 0.25) is 0 Å². The Morgan fingerprint density at radius 2 is 1.95 bits per heavy atom. The summed E-state index contributed by atoms with van der Waals surface area (Å²) in [6, 6.07) is 0. The molecule has 0 saturated heterocycles. The first-order valence-corrected chi connectivity index (χ1v) is 9.25.